The molecule has 0 unspecified atom stereocenters. The van der Waals surface area contributed by atoms with Crippen molar-refractivity contribution in [2.75, 3.05) is 0 Å². The Morgan fingerprint density at radius 3 is 2.85 bits per heavy atom. The number of nitrogens with zero attached hydrogens (tertiary/aromatic N) is 2. The zero-order valence-electron chi connectivity index (χ0n) is 8.04. The molecule has 0 spiro atoms. The molecule has 0 aromatic carbocycles. The predicted molar refractivity (Wildman–Crippen MR) is 47.3 cm³/mol. The molecule has 0 N–H and O–H groups in total. The molecule has 0 atom stereocenters. The quantitative estimate of drug-likeness (QED) is 0.693. The SMILES string of the molecule is CCCc1noc(CCC(C)=O)n1. The molecule has 0 saturated heterocycles. The van der Waals surface area contributed by atoms with Crippen LogP contribution in [0.1, 0.15) is 38.4 Å². The summed E-state index contributed by atoms with van der Waals surface area (Å²) in [5.41, 5.74) is 0. The average Bonchev–Trinajstić information content (AvgIpc) is 2.50. The van der Waals surface area contributed by atoms with E-state index >= 15 is 0 Å². The summed E-state index contributed by atoms with van der Waals surface area (Å²) in [4.78, 5) is 14.8. The van der Waals surface area contributed by atoms with Crippen LogP contribution in [0.25, 0.3) is 0 Å². The summed E-state index contributed by atoms with van der Waals surface area (Å²) >= 11 is 0. The Kier molecular flexibility index (Phi) is 3.61. The van der Waals surface area contributed by atoms with Crippen LogP contribution in [0.4, 0.5) is 0 Å². The van der Waals surface area contributed by atoms with E-state index in [9.17, 15) is 4.79 Å². The molecule has 0 bridgehead atoms. The van der Waals surface area contributed by atoms with Crippen molar-refractivity contribution in [1.82, 2.24) is 10.1 Å². The van der Waals surface area contributed by atoms with E-state index in [1.807, 2.05) is 0 Å². The molecule has 0 fully saturated rings. The summed E-state index contributed by atoms with van der Waals surface area (Å²) in [6.07, 6.45) is 2.88. The summed E-state index contributed by atoms with van der Waals surface area (Å²) in [6, 6.07) is 0. The lowest BCUT2D eigenvalue weighted by Gasteiger charge is -1.88. The van der Waals surface area contributed by atoms with Gasteiger partial charge in [-0.05, 0) is 13.3 Å². The topological polar surface area (TPSA) is 56.0 Å². The van der Waals surface area contributed by atoms with Gasteiger partial charge in [-0.15, -0.1) is 0 Å². The fraction of sp³-hybridized carbons (Fsp3) is 0.667. The number of ketones is 1. The van der Waals surface area contributed by atoms with Gasteiger partial charge in [-0.25, -0.2) is 0 Å². The smallest absolute Gasteiger partial charge is 0.227 e. The Labute approximate surface area is 77.3 Å². The number of aromatic nitrogens is 2. The lowest BCUT2D eigenvalue weighted by molar-refractivity contribution is -0.117. The maximum absolute atomic E-state index is 10.7. The number of Topliss-reactive ketones (excluding diaryl/α,β-unsaturated/α-hetero) is 1. The highest BCUT2D eigenvalue weighted by Gasteiger charge is 2.05. The third-order valence-electron chi connectivity index (χ3n) is 1.67. The summed E-state index contributed by atoms with van der Waals surface area (Å²) in [6.45, 7) is 3.62. The molecule has 4 nitrogen and oxygen atoms in total. The third kappa shape index (κ3) is 3.36. The van der Waals surface area contributed by atoms with Crippen molar-refractivity contribution < 1.29 is 9.32 Å². The van der Waals surface area contributed by atoms with Gasteiger partial charge in [-0.3, -0.25) is 0 Å². The van der Waals surface area contributed by atoms with Crippen LogP contribution < -0.4 is 0 Å². The second-order valence-electron chi connectivity index (χ2n) is 3.06. The van der Waals surface area contributed by atoms with E-state index < -0.39 is 0 Å². The molecule has 0 aliphatic rings. The largest absolute Gasteiger partial charge is 0.339 e. The average molecular weight is 182 g/mol. The minimum atomic E-state index is 0.148. The van der Waals surface area contributed by atoms with Gasteiger partial charge >= 0.3 is 0 Å². The summed E-state index contributed by atoms with van der Waals surface area (Å²) in [5, 5.41) is 3.79. The molecule has 1 heterocycles. The maximum atomic E-state index is 10.7. The molecule has 0 amide bonds. The van der Waals surface area contributed by atoms with Crippen molar-refractivity contribution >= 4 is 5.78 Å². The normalized spacial score (nSPS) is 10.3. The molecular weight excluding hydrogens is 168 g/mol. The van der Waals surface area contributed by atoms with Crippen LogP contribution in [0.3, 0.4) is 0 Å². The van der Waals surface area contributed by atoms with E-state index in [2.05, 4.69) is 17.1 Å². The van der Waals surface area contributed by atoms with E-state index in [1.54, 1.807) is 6.92 Å². The minimum Gasteiger partial charge on any atom is -0.339 e. The van der Waals surface area contributed by atoms with Gasteiger partial charge in [-0.2, -0.15) is 4.98 Å². The van der Waals surface area contributed by atoms with Gasteiger partial charge in [0, 0.05) is 19.3 Å². The van der Waals surface area contributed by atoms with Gasteiger partial charge in [0.15, 0.2) is 5.82 Å². The van der Waals surface area contributed by atoms with Gasteiger partial charge in [0.05, 0.1) is 0 Å². The van der Waals surface area contributed by atoms with Gasteiger partial charge in [-0.1, -0.05) is 12.1 Å². The van der Waals surface area contributed by atoms with Crippen molar-refractivity contribution in [1.29, 1.82) is 0 Å². The van der Waals surface area contributed by atoms with E-state index in [0.29, 0.717) is 18.7 Å². The predicted octanol–water partition coefficient (Wildman–Crippen LogP) is 1.54. The summed E-state index contributed by atoms with van der Waals surface area (Å²) in [5.74, 6) is 1.45. The fourth-order valence-electron chi connectivity index (χ4n) is 1.000. The first-order valence-corrected chi connectivity index (χ1v) is 4.53. The standard InChI is InChI=1S/C9H14N2O2/c1-3-4-8-10-9(13-11-8)6-5-7(2)12/h3-6H2,1-2H3. The van der Waals surface area contributed by atoms with Crippen LogP contribution in [0.5, 0.6) is 0 Å². The van der Waals surface area contributed by atoms with Crippen LogP contribution in [0, 0.1) is 0 Å². The summed E-state index contributed by atoms with van der Waals surface area (Å²) in [7, 11) is 0. The molecular formula is C9H14N2O2. The molecule has 0 saturated carbocycles. The van der Waals surface area contributed by atoms with E-state index in [-0.39, 0.29) is 5.78 Å². The molecule has 4 heteroatoms. The lowest BCUT2D eigenvalue weighted by Crippen LogP contribution is -1.94. The van der Waals surface area contributed by atoms with Crippen molar-refractivity contribution in [3.8, 4) is 0 Å². The van der Waals surface area contributed by atoms with Gasteiger partial charge < -0.3 is 9.32 Å². The minimum absolute atomic E-state index is 0.148. The van der Waals surface area contributed by atoms with E-state index in [0.717, 1.165) is 18.7 Å². The number of carbonyl (C=O) groups excluding carboxylic acids is 1. The van der Waals surface area contributed by atoms with Crippen LogP contribution in [0.2, 0.25) is 0 Å². The molecule has 13 heavy (non-hydrogen) atoms. The molecule has 72 valence electrons. The van der Waals surface area contributed by atoms with Gasteiger partial charge in [0.25, 0.3) is 0 Å². The monoisotopic (exact) mass is 182 g/mol. The van der Waals surface area contributed by atoms with Crippen LogP contribution in [0.15, 0.2) is 4.52 Å². The second kappa shape index (κ2) is 4.74. The van der Waals surface area contributed by atoms with E-state index in [4.69, 9.17) is 4.52 Å². The van der Waals surface area contributed by atoms with Crippen LogP contribution >= 0.6 is 0 Å². The Morgan fingerprint density at radius 1 is 1.46 bits per heavy atom. The van der Waals surface area contributed by atoms with Crippen LogP contribution in [-0.4, -0.2) is 15.9 Å². The summed E-state index contributed by atoms with van der Waals surface area (Å²) < 4.78 is 4.95. The highest BCUT2D eigenvalue weighted by atomic mass is 16.5. The first-order chi connectivity index (χ1) is 6.22. The lowest BCUT2D eigenvalue weighted by atomic mass is 10.2. The molecule has 0 radical (unpaired) electrons. The Bertz CT molecular complexity index is 281. The second-order valence-corrected chi connectivity index (χ2v) is 3.06. The molecule has 1 rings (SSSR count). The molecule has 1 aromatic heterocycles. The Morgan fingerprint density at radius 2 is 2.23 bits per heavy atom. The Hall–Kier alpha value is -1.19. The first-order valence-electron chi connectivity index (χ1n) is 4.53. The van der Waals surface area contributed by atoms with E-state index in [1.165, 1.54) is 0 Å². The number of aryl methyl sites for hydroxylation is 2. The highest BCUT2D eigenvalue weighted by molar-refractivity contribution is 5.75. The van der Waals surface area contributed by atoms with Crippen LogP contribution in [-0.2, 0) is 17.6 Å². The highest BCUT2D eigenvalue weighted by Crippen LogP contribution is 2.02. The van der Waals surface area contributed by atoms with Crippen molar-refractivity contribution in [2.45, 2.75) is 39.5 Å². The molecule has 0 aliphatic heterocycles. The number of hydrogen-bond donors (Lipinski definition) is 0. The Balaban J connectivity index is 2.44. The molecule has 0 aliphatic carbocycles. The first kappa shape index (κ1) is 9.89. The number of hydrogen-bond acceptors (Lipinski definition) is 4. The zero-order valence-corrected chi connectivity index (χ0v) is 8.04. The zero-order chi connectivity index (χ0) is 9.68. The van der Waals surface area contributed by atoms with Gasteiger partial charge in [0.1, 0.15) is 5.78 Å². The van der Waals surface area contributed by atoms with Gasteiger partial charge in [0.2, 0.25) is 5.89 Å². The fourth-order valence-corrected chi connectivity index (χ4v) is 1.000. The number of carbonyl (C=O) groups is 1. The number of rotatable bonds is 5. The molecule has 1 aromatic rings. The van der Waals surface area contributed by atoms with Crippen molar-refractivity contribution in [2.24, 2.45) is 0 Å². The third-order valence-corrected chi connectivity index (χ3v) is 1.67. The van der Waals surface area contributed by atoms with Crippen molar-refractivity contribution in [3.63, 3.8) is 0 Å². The van der Waals surface area contributed by atoms with Crippen molar-refractivity contribution in [3.05, 3.63) is 11.7 Å². The maximum Gasteiger partial charge on any atom is 0.227 e.